The lowest BCUT2D eigenvalue weighted by Gasteiger charge is -2.27. The molecule has 0 spiro atoms. The number of halogens is 3. The van der Waals surface area contributed by atoms with Crippen LogP contribution in [0.1, 0.15) is 28.3 Å². The minimum Gasteiger partial charge on any atom is -0.316 e. The monoisotopic (exact) mass is 446 g/mol. The largest absolute Gasteiger partial charge is 0.316 e. The predicted octanol–water partition coefficient (Wildman–Crippen LogP) is 5.79. The Morgan fingerprint density at radius 2 is 1.73 bits per heavy atom. The molecule has 0 radical (unpaired) electrons. The lowest BCUT2D eigenvalue weighted by atomic mass is 10.0. The molecule has 0 bridgehead atoms. The van der Waals surface area contributed by atoms with Crippen molar-refractivity contribution in [2.75, 3.05) is 11.4 Å². The molecule has 3 rings (SSSR count). The first-order valence-electron chi connectivity index (χ1n) is 9.50. The highest BCUT2D eigenvalue weighted by atomic mass is 35.5. The van der Waals surface area contributed by atoms with Crippen molar-refractivity contribution in [3.8, 4) is 0 Å². The predicted molar refractivity (Wildman–Crippen MR) is 124 cm³/mol. The first kappa shape index (κ1) is 23.9. The highest BCUT2D eigenvalue weighted by Crippen LogP contribution is 2.24. The summed E-state index contributed by atoms with van der Waals surface area (Å²) in [6.07, 6.45) is 0.480. The Hall–Kier alpha value is -2.40. The molecule has 158 valence electrons. The number of carbonyl (C=O) groups excluding carboxylic acids is 1. The summed E-state index contributed by atoms with van der Waals surface area (Å²) >= 11 is 5.78. The molecule has 1 atom stereocenters. The van der Waals surface area contributed by atoms with E-state index in [1.165, 1.54) is 12.1 Å². The van der Waals surface area contributed by atoms with Crippen LogP contribution in [0.5, 0.6) is 0 Å². The highest BCUT2D eigenvalue weighted by Gasteiger charge is 2.24. The third-order valence-corrected chi connectivity index (χ3v) is 5.41. The summed E-state index contributed by atoms with van der Waals surface area (Å²) in [7, 11) is 0. The van der Waals surface area contributed by atoms with E-state index < -0.39 is 11.9 Å². The van der Waals surface area contributed by atoms with Gasteiger partial charge < -0.3 is 10.6 Å². The smallest absolute Gasteiger partial charge is 0.248 e. The van der Waals surface area contributed by atoms with Gasteiger partial charge in [0.2, 0.25) is 5.91 Å². The number of benzene rings is 3. The fraction of sp³-hybridized carbons (Fsp3) is 0.208. The highest BCUT2D eigenvalue weighted by molar-refractivity contribution is 6.30. The molecule has 30 heavy (non-hydrogen) atoms. The first-order valence-corrected chi connectivity index (χ1v) is 9.87. The van der Waals surface area contributed by atoms with E-state index in [-0.39, 0.29) is 23.3 Å². The van der Waals surface area contributed by atoms with Gasteiger partial charge in [0.05, 0.1) is 5.02 Å². The zero-order chi connectivity index (χ0) is 21.0. The Balaban J connectivity index is 0.00000320. The Kier molecular flexibility index (Phi) is 8.42. The summed E-state index contributed by atoms with van der Waals surface area (Å²) in [4.78, 5) is 15.0. The number of nitrogens with two attached hydrogens (primary N) is 1. The number of anilines is 1. The summed E-state index contributed by atoms with van der Waals surface area (Å²) in [6.45, 7) is 4.41. The van der Waals surface area contributed by atoms with Gasteiger partial charge >= 0.3 is 0 Å². The van der Waals surface area contributed by atoms with Gasteiger partial charge in [-0.1, -0.05) is 54.1 Å². The van der Waals surface area contributed by atoms with Gasteiger partial charge in [-0.25, -0.2) is 4.39 Å². The number of rotatable bonds is 6. The third-order valence-electron chi connectivity index (χ3n) is 5.10. The molecule has 3 nitrogen and oxygen atoms in total. The van der Waals surface area contributed by atoms with Crippen molar-refractivity contribution in [1.82, 2.24) is 0 Å². The van der Waals surface area contributed by atoms with Crippen molar-refractivity contribution >= 4 is 35.6 Å². The standard InChI is InChI=1S/C24H24ClFN2O.ClH/c1-16-8-10-20(14-17(16)2)28(13-12-18-9-11-21(25)22(26)15-18)24(29)23(27)19-6-4-3-5-7-19;/h3-11,14-15,23H,12-13,27H2,1-2H3;1H/t23-;/m0./s1. The van der Waals surface area contributed by atoms with Crippen molar-refractivity contribution in [2.24, 2.45) is 5.73 Å². The van der Waals surface area contributed by atoms with E-state index in [0.717, 1.165) is 27.9 Å². The second kappa shape index (κ2) is 10.6. The molecule has 3 aromatic carbocycles. The van der Waals surface area contributed by atoms with Crippen LogP contribution in [0, 0.1) is 19.7 Å². The van der Waals surface area contributed by atoms with Gasteiger partial charge in [0.15, 0.2) is 0 Å². The average molecular weight is 447 g/mol. The van der Waals surface area contributed by atoms with Gasteiger partial charge in [-0.15, -0.1) is 12.4 Å². The molecule has 0 saturated heterocycles. The van der Waals surface area contributed by atoms with Crippen LogP contribution in [0.25, 0.3) is 0 Å². The van der Waals surface area contributed by atoms with E-state index in [4.69, 9.17) is 17.3 Å². The summed E-state index contributed by atoms with van der Waals surface area (Å²) < 4.78 is 13.8. The Labute approximate surface area is 188 Å². The SMILES string of the molecule is Cc1ccc(N(CCc2ccc(Cl)c(F)c2)C(=O)[C@@H](N)c2ccccc2)cc1C.Cl. The molecule has 0 saturated carbocycles. The fourth-order valence-electron chi connectivity index (χ4n) is 3.17. The van der Waals surface area contributed by atoms with Gasteiger partial charge in [0.1, 0.15) is 11.9 Å². The lowest BCUT2D eigenvalue weighted by Crippen LogP contribution is -2.40. The molecule has 1 amide bonds. The maximum atomic E-state index is 13.8. The Morgan fingerprint density at radius 3 is 2.37 bits per heavy atom. The third kappa shape index (κ3) is 5.60. The number of carbonyl (C=O) groups is 1. The quantitative estimate of drug-likeness (QED) is 0.520. The van der Waals surface area contributed by atoms with Crippen molar-refractivity contribution in [2.45, 2.75) is 26.3 Å². The lowest BCUT2D eigenvalue weighted by molar-refractivity contribution is -0.120. The minimum absolute atomic E-state index is 0. The van der Waals surface area contributed by atoms with Crippen LogP contribution in [0.15, 0.2) is 66.7 Å². The van der Waals surface area contributed by atoms with E-state index in [1.807, 2.05) is 62.4 Å². The van der Waals surface area contributed by atoms with E-state index in [2.05, 4.69) is 0 Å². The maximum absolute atomic E-state index is 13.8. The topological polar surface area (TPSA) is 46.3 Å². The second-order valence-electron chi connectivity index (χ2n) is 7.15. The van der Waals surface area contributed by atoms with Gasteiger partial charge in [-0.3, -0.25) is 4.79 Å². The molecule has 0 aliphatic heterocycles. The molecular formula is C24H25Cl2FN2O. The van der Waals surface area contributed by atoms with Gasteiger partial charge in [-0.2, -0.15) is 0 Å². The number of nitrogens with zero attached hydrogens (tertiary/aromatic N) is 1. The van der Waals surface area contributed by atoms with Crippen molar-refractivity contribution in [1.29, 1.82) is 0 Å². The van der Waals surface area contributed by atoms with Crippen LogP contribution in [0.4, 0.5) is 10.1 Å². The molecule has 0 aliphatic carbocycles. The molecule has 2 N–H and O–H groups in total. The number of hydrogen-bond acceptors (Lipinski definition) is 2. The molecule has 0 fully saturated rings. The average Bonchev–Trinajstić information content (AvgIpc) is 2.73. The zero-order valence-electron chi connectivity index (χ0n) is 16.9. The zero-order valence-corrected chi connectivity index (χ0v) is 18.5. The van der Waals surface area contributed by atoms with E-state index in [9.17, 15) is 9.18 Å². The molecule has 0 aliphatic rings. The van der Waals surface area contributed by atoms with Gasteiger partial charge in [0.25, 0.3) is 0 Å². The number of aryl methyl sites for hydroxylation is 2. The Bertz CT molecular complexity index is 1010. The molecule has 0 heterocycles. The number of hydrogen-bond donors (Lipinski definition) is 1. The van der Waals surface area contributed by atoms with Crippen LogP contribution in [0.3, 0.4) is 0 Å². The fourth-order valence-corrected chi connectivity index (χ4v) is 3.28. The summed E-state index contributed by atoms with van der Waals surface area (Å²) in [5, 5.41) is 0.0851. The normalized spacial score (nSPS) is 11.5. The molecule has 0 aromatic heterocycles. The maximum Gasteiger partial charge on any atom is 0.248 e. The van der Waals surface area contributed by atoms with E-state index in [1.54, 1.807) is 11.0 Å². The van der Waals surface area contributed by atoms with Crippen LogP contribution < -0.4 is 10.6 Å². The van der Waals surface area contributed by atoms with E-state index in [0.29, 0.717) is 13.0 Å². The van der Waals surface area contributed by atoms with Crippen LogP contribution in [-0.2, 0) is 11.2 Å². The summed E-state index contributed by atoms with van der Waals surface area (Å²) in [6, 6.07) is 19.1. The molecule has 3 aromatic rings. The van der Waals surface area contributed by atoms with Crippen molar-refractivity contribution in [3.63, 3.8) is 0 Å². The Morgan fingerprint density at radius 1 is 1.03 bits per heavy atom. The molecular weight excluding hydrogens is 422 g/mol. The van der Waals surface area contributed by atoms with Crippen LogP contribution in [-0.4, -0.2) is 12.5 Å². The van der Waals surface area contributed by atoms with Crippen molar-refractivity contribution in [3.05, 3.63) is 99.8 Å². The van der Waals surface area contributed by atoms with Crippen molar-refractivity contribution < 1.29 is 9.18 Å². The van der Waals surface area contributed by atoms with Gasteiger partial charge in [0, 0.05) is 12.2 Å². The minimum atomic E-state index is -0.778. The molecule has 0 unspecified atom stereocenters. The van der Waals surface area contributed by atoms with Crippen LogP contribution >= 0.6 is 24.0 Å². The first-order chi connectivity index (χ1) is 13.9. The summed E-state index contributed by atoms with van der Waals surface area (Å²) in [5.74, 6) is -0.664. The number of amides is 1. The van der Waals surface area contributed by atoms with E-state index >= 15 is 0 Å². The van der Waals surface area contributed by atoms with Crippen LogP contribution in [0.2, 0.25) is 5.02 Å². The second-order valence-corrected chi connectivity index (χ2v) is 7.55. The summed E-state index contributed by atoms with van der Waals surface area (Å²) in [5.41, 5.74) is 10.8. The van der Waals surface area contributed by atoms with Gasteiger partial charge in [-0.05, 0) is 66.8 Å². The molecule has 6 heteroatoms.